The highest BCUT2D eigenvalue weighted by Gasteiger charge is 2.21. The fourth-order valence-electron chi connectivity index (χ4n) is 2.77. The average molecular weight is 346 g/mol. The van der Waals surface area contributed by atoms with Gasteiger partial charge in [0.25, 0.3) is 5.56 Å². The van der Waals surface area contributed by atoms with Gasteiger partial charge < -0.3 is 4.57 Å². The molecule has 2 aromatic heterocycles. The second-order valence-corrected chi connectivity index (χ2v) is 5.84. The molecule has 0 saturated carbocycles. The summed E-state index contributed by atoms with van der Waals surface area (Å²) in [6.07, 6.45) is 2.96. The van der Waals surface area contributed by atoms with Crippen LogP contribution in [0, 0.1) is 11.6 Å². The number of benzene rings is 1. The molecule has 0 aliphatic heterocycles. The fraction of sp³-hybridized carbons (Fsp3) is 0.235. The molecule has 25 heavy (non-hydrogen) atoms. The van der Waals surface area contributed by atoms with Gasteiger partial charge in [0.15, 0.2) is 11.2 Å². The Bertz CT molecular complexity index is 1090. The van der Waals surface area contributed by atoms with Crippen LogP contribution in [0.1, 0.15) is 19.9 Å². The van der Waals surface area contributed by atoms with Crippen LogP contribution in [-0.2, 0) is 6.54 Å². The molecule has 0 aliphatic rings. The Hall–Kier alpha value is -3.03. The highest BCUT2D eigenvalue weighted by atomic mass is 19.1. The van der Waals surface area contributed by atoms with E-state index in [2.05, 4.69) is 11.6 Å². The lowest BCUT2D eigenvalue weighted by Gasteiger charge is -2.15. The van der Waals surface area contributed by atoms with E-state index in [-0.39, 0.29) is 16.9 Å². The lowest BCUT2D eigenvalue weighted by molar-refractivity contribution is 0.531. The number of hydrogen-bond acceptors (Lipinski definition) is 3. The van der Waals surface area contributed by atoms with Crippen LogP contribution >= 0.6 is 0 Å². The van der Waals surface area contributed by atoms with Crippen LogP contribution in [0.15, 0.2) is 46.8 Å². The van der Waals surface area contributed by atoms with Crippen LogP contribution in [0.4, 0.5) is 8.78 Å². The molecule has 0 aliphatic carbocycles. The van der Waals surface area contributed by atoms with Crippen molar-refractivity contribution in [2.24, 2.45) is 0 Å². The molecule has 3 aromatic rings. The van der Waals surface area contributed by atoms with Gasteiger partial charge in [0, 0.05) is 18.7 Å². The van der Waals surface area contributed by atoms with Crippen LogP contribution in [0.25, 0.3) is 16.9 Å². The molecule has 3 rings (SSSR count). The smallest absolute Gasteiger partial charge is 0.321 e. The van der Waals surface area contributed by atoms with E-state index < -0.39 is 28.9 Å². The third kappa shape index (κ3) is 2.59. The molecule has 2 heterocycles. The Labute approximate surface area is 141 Å². The van der Waals surface area contributed by atoms with E-state index in [9.17, 15) is 18.4 Å². The summed E-state index contributed by atoms with van der Waals surface area (Å²) >= 11 is 0. The second kappa shape index (κ2) is 6.12. The lowest BCUT2D eigenvalue weighted by atomic mass is 10.3. The van der Waals surface area contributed by atoms with Gasteiger partial charge in [-0.1, -0.05) is 6.08 Å². The van der Waals surface area contributed by atoms with Gasteiger partial charge in [0.2, 0.25) is 0 Å². The Morgan fingerprint density at radius 1 is 1.28 bits per heavy atom. The van der Waals surface area contributed by atoms with Crippen molar-refractivity contribution in [3.8, 4) is 5.69 Å². The number of nitrogens with zero attached hydrogens (tertiary/aromatic N) is 4. The van der Waals surface area contributed by atoms with E-state index in [0.717, 1.165) is 21.3 Å². The summed E-state index contributed by atoms with van der Waals surface area (Å²) in [5, 5.41) is 0. The Morgan fingerprint density at radius 3 is 2.60 bits per heavy atom. The summed E-state index contributed by atoms with van der Waals surface area (Å²) in [7, 11) is 0. The van der Waals surface area contributed by atoms with Gasteiger partial charge in [0.05, 0.1) is 12.0 Å². The van der Waals surface area contributed by atoms with Crippen molar-refractivity contribution in [2.45, 2.75) is 26.4 Å². The van der Waals surface area contributed by atoms with Gasteiger partial charge >= 0.3 is 5.69 Å². The molecular weight excluding hydrogens is 330 g/mol. The minimum atomic E-state index is -0.921. The molecule has 0 bridgehead atoms. The van der Waals surface area contributed by atoms with Gasteiger partial charge in [-0.05, 0) is 26.0 Å². The maximum Gasteiger partial charge on any atom is 0.337 e. The van der Waals surface area contributed by atoms with Crippen molar-refractivity contribution >= 4 is 11.2 Å². The molecular formula is C17H16F2N4O2. The number of rotatable bonds is 4. The number of imidazole rings is 1. The third-order valence-corrected chi connectivity index (χ3v) is 3.84. The van der Waals surface area contributed by atoms with Crippen LogP contribution in [0.3, 0.4) is 0 Å². The molecule has 6 nitrogen and oxygen atoms in total. The molecule has 0 saturated heterocycles. The minimum absolute atomic E-state index is 0.0132. The summed E-state index contributed by atoms with van der Waals surface area (Å²) in [5.74, 6) is -1.68. The van der Waals surface area contributed by atoms with Gasteiger partial charge in [-0.3, -0.25) is 9.36 Å². The van der Waals surface area contributed by atoms with E-state index in [0.29, 0.717) is 12.6 Å². The Morgan fingerprint density at radius 2 is 2.00 bits per heavy atom. The first-order valence-electron chi connectivity index (χ1n) is 7.65. The Balaban J connectivity index is 2.52. The minimum Gasteiger partial charge on any atom is -0.321 e. The number of allylic oxidation sites excluding steroid dienone is 1. The molecule has 0 fully saturated rings. The zero-order valence-electron chi connectivity index (χ0n) is 13.7. The average Bonchev–Trinajstić information content (AvgIpc) is 2.93. The lowest BCUT2D eigenvalue weighted by Crippen LogP contribution is -2.41. The standard InChI is InChI=1S/C17H16F2N4O2/c1-4-7-21-9-20-15-14(21)16(24)22(10(2)3)17(25)23(15)13-6-5-11(18)8-12(13)19/h4-6,8-10H,1,7H2,2-3H3. The topological polar surface area (TPSA) is 61.8 Å². The number of hydrogen-bond donors (Lipinski definition) is 0. The predicted molar refractivity (Wildman–Crippen MR) is 90.1 cm³/mol. The predicted octanol–water partition coefficient (Wildman–Crippen LogP) is 2.39. The van der Waals surface area contributed by atoms with Crippen molar-refractivity contribution in [3.05, 3.63) is 69.7 Å². The zero-order valence-corrected chi connectivity index (χ0v) is 13.7. The molecule has 0 radical (unpaired) electrons. The summed E-state index contributed by atoms with van der Waals surface area (Å²) in [5.41, 5.74) is -1.26. The summed E-state index contributed by atoms with van der Waals surface area (Å²) in [4.78, 5) is 29.7. The maximum absolute atomic E-state index is 14.3. The largest absolute Gasteiger partial charge is 0.337 e. The van der Waals surface area contributed by atoms with Gasteiger partial charge in [-0.2, -0.15) is 0 Å². The molecule has 8 heteroatoms. The molecule has 0 amide bonds. The third-order valence-electron chi connectivity index (χ3n) is 3.84. The fourth-order valence-corrected chi connectivity index (χ4v) is 2.77. The monoisotopic (exact) mass is 346 g/mol. The number of halogens is 2. The maximum atomic E-state index is 14.3. The van der Waals surface area contributed by atoms with Crippen molar-refractivity contribution in [1.29, 1.82) is 0 Å². The molecule has 0 spiro atoms. The van der Waals surface area contributed by atoms with Crippen molar-refractivity contribution < 1.29 is 8.78 Å². The van der Waals surface area contributed by atoms with Gasteiger partial charge in [-0.25, -0.2) is 23.1 Å². The van der Waals surface area contributed by atoms with Crippen molar-refractivity contribution in [2.75, 3.05) is 0 Å². The zero-order chi connectivity index (χ0) is 18.3. The molecule has 0 N–H and O–H groups in total. The van der Waals surface area contributed by atoms with Crippen LogP contribution in [0.2, 0.25) is 0 Å². The van der Waals surface area contributed by atoms with E-state index in [1.54, 1.807) is 19.9 Å². The molecule has 0 unspecified atom stereocenters. The first kappa shape index (κ1) is 16.8. The Kier molecular flexibility index (Phi) is 4.12. The van der Waals surface area contributed by atoms with E-state index in [1.165, 1.54) is 10.9 Å². The quantitative estimate of drug-likeness (QED) is 0.682. The van der Waals surface area contributed by atoms with Crippen LogP contribution in [-0.4, -0.2) is 18.7 Å². The summed E-state index contributed by atoms with van der Waals surface area (Å²) in [6.45, 7) is 7.27. The molecule has 130 valence electrons. The summed E-state index contributed by atoms with van der Waals surface area (Å²) < 4.78 is 31.1. The number of fused-ring (bicyclic) bond motifs is 1. The van der Waals surface area contributed by atoms with E-state index in [1.807, 2.05) is 0 Å². The second-order valence-electron chi connectivity index (χ2n) is 5.84. The first-order valence-corrected chi connectivity index (χ1v) is 7.65. The highest BCUT2D eigenvalue weighted by Crippen LogP contribution is 2.18. The first-order chi connectivity index (χ1) is 11.9. The van der Waals surface area contributed by atoms with Gasteiger partial charge in [0.1, 0.15) is 11.6 Å². The molecule has 0 atom stereocenters. The van der Waals surface area contributed by atoms with Crippen LogP contribution < -0.4 is 11.2 Å². The van der Waals surface area contributed by atoms with E-state index >= 15 is 0 Å². The normalized spacial score (nSPS) is 11.4. The van der Waals surface area contributed by atoms with E-state index in [4.69, 9.17) is 0 Å². The van der Waals surface area contributed by atoms with Crippen LogP contribution in [0.5, 0.6) is 0 Å². The van der Waals surface area contributed by atoms with Gasteiger partial charge in [-0.15, -0.1) is 6.58 Å². The SMILES string of the molecule is C=CCn1cnc2c1c(=O)n(C(C)C)c(=O)n2-c1ccc(F)cc1F. The summed E-state index contributed by atoms with van der Waals surface area (Å²) in [6, 6.07) is 2.42. The number of aromatic nitrogens is 4. The molecule has 1 aromatic carbocycles. The van der Waals surface area contributed by atoms with Crippen molar-refractivity contribution in [1.82, 2.24) is 18.7 Å². The highest BCUT2D eigenvalue weighted by molar-refractivity contribution is 5.72. The van der Waals surface area contributed by atoms with Crippen molar-refractivity contribution in [3.63, 3.8) is 0 Å².